The maximum atomic E-state index is 13.2. The number of hydrogen-bond donors (Lipinski definition) is 1. The van der Waals surface area contributed by atoms with E-state index in [1.807, 2.05) is 19.3 Å². The smallest absolute Gasteiger partial charge is 0.243 e. The molecule has 5 rings (SSSR count). The summed E-state index contributed by atoms with van der Waals surface area (Å²) in [7, 11) is -0.160. The third-order valence-electron chi connectivity index (χ3n) is 6.75. The minimum Gasteiger partial charge on any atom is -0.497 e. The normalized spacial score (nSPS) is 17.4. The van der Waals surface area contributed by atoms with Gasteiger partial charge in [0.1, 0.15) is 5.75 Å². The molecule has 0 bridgehead atoms. The zero-order chi connectivity index (χ0) is 22.3. The van der Waals surface area contributed by atoms with Gasteiger partial charge in [0.15, 0.2) is 0 Å². The van der Waals surface area contributed by atoms with Crippen molar-refractivity contribution in [1.29, 1.82) is 0 Å². The number of piperidine rings is 1. The third kappa shape index (κ3) is 3.34. The Hall–Kier alpha value is -2.97. The Labute approximate surface area is 188 Å². The Bertz CT molecular complexity index is 1250. The number of ether oxygens (including phenoxy) is 1. The second kappa shape index (κ2) is 7.86. The Morgan fingerprint density at radius 1 is 1.06 bits per heavy atom. The molecule has 2 heterocycles. The van der Waals surface area contributed by atoms with Crippen molar-refractivity contribution in [3.63, 3.8) is 0 Å². The van der Waals surface area contributed by atoms with Crippen molar-refractivity contribution >= 4 is 16.0 Å². The molecule has 1 N–H and O–H groups in total. The number of benzene rings is 2. The zero-order valence-corrected chi connectivity index (χ0v) is 19.0. The van der Waals surface area contributed by atoms with Crippen LogP contribution in [0.15, 0.2) is 59.6 Å². The number of hydrogen-bond acceptors (Lipinski definition) is 6. The number of anilines is 1. The molecule has 0 radical (unpaired) electrons. The van der Waals surface area contributed by atoms with Crippen LogP contribution in [-0.2, 0) is 21.9 Å². The SMILES string of the molecule is CNc1ncc2c(n1)-c1ccccc1C1(CCN(S(=O)(=O)c3ccc(OC)cc3)CC1)C2. The van der Waals surface area contributed by atoms with Gasteiger partial charge in [-0.2, -0.15) is 4.31 Å². The number of rotatable bonds is 4. The lowest BCUT2D eigenvalue weighted by atomic mass is 9.64. The van der Waals surface area contributed by atoms with E-state index in [-0.39, 0.29) is 5.41 Å². The molecule has 1 aliphatic carbocycles. The van der Waals surface area contributed by atoms with Crippen LogP contribution in [0.4, 0.5) is 5.95 Å². The molecule has 7 nitrogen and oxygen atoms in total. The van der Waals surface area contributed by atoms with Gasteiger partial charge in [0.05, 0.1) is 17.7 Å². The number of methoxy groups -OCH3 is 1. The molecular formula is C24H26N4O3S. The minimum atomic E-state index is -3.54. The summed E-state index contributed by atoms with van der Waals surface area (Å²) in [5.41, 5.74) is 4.36. The average Bonchev–Trinajstić information content (AvgIpc) is 2.84. The van der Waals surface area contributed by atoms with E-state index in [1.165, 1.54) is 5.56 Å². The highest BCUT2D eigenvalue weighted by molar-refractivity contribution is 7.89. The summed E-state index contributed by atoms with van der Waals surface area (Å²) >= 11 is 0. The van der Waals surface area contributed by atoms with E-state index >= 15 is 0 Å². The van der Waals surface area contributed by atoms with E-state index in [1.54, 1.807) is 35.7 Å². The van der Waals surface area contributed by atoms with Gasteiger partial charge in [-0.3, -0.25) is 0 Å². The molecule has 1 saturated heterocycles. The van der Waals surface area contributed by atoms with Crippen LogP contribution in [0.25, 0.3) is 11.3 Å². The molecule has 8 heteroatoms. The molecule has 3 aromatic rings. The van der Waals surface area contributed by atoms with Crippen LogP contribution in [0.2, 0.25) is 0 Å². The summed E-state index contributed by atoms with van der Waals surface area (Å²) in [5, 5.41) is 3.02. The lowest BCUT2D eigenvalue weighted by Crippen LogP contribution is -2.47. The van der Waals surface area contributed by atoms with Gasteiger partial charge in [0.2, 0.25) is 16.0 Å². The van der Waals surface area contributed by atoms with Gasteiger partial charge >= 0.3 is 0 Å². The van der Waals surface area contributed by atoms with E-state index in [9.17, 15) is 8.42 Å². The topological polar surface area (TPSA) is 84.4 Å². The first-order chi connectivity index (χ1) is 15.5. The molecule has 0 unspecified atom stereocenters. The van der Waals surface area contributed by atoms with Gasteiger partial charge in [-0.1, -0.05) is 24.3 Å². The van der Waals surface area contributed by atoms with Crippen LogP contribution >= 0.6 is 0 Å². The van der Waals surface area contributed by atoms with Gasteiger partial charge in [0.25, 0.3) is 0 Å². The predicted octanol–water partition coefficient (Wildman–Crippen LogP) is 3.47. The fourth-order valence-corrected chi connectivity index (χ4v) is 6.44. The van der Waals surface area contributed by atoms with Crippen LogP contribution in [0.3, 0.4) is 0 Å². The Morgan fingerprint density at radius 3 is 2.47 bits per heavy atom. The zero-order valence-electron chi connectivity index (χ0n) is 18.2. The summed E-state index contributed by atoms with van der Waals surface area (Å²) in [6.45, 7) is 0.959. The summed E-state index contributed by atoms with van der Waals surface area (Å²) in [6, 6.07) is 15.0. The number of nitrogens with zero attached hydrogens (tertiary/aromatic N) is 3. The molecule has 0 atom stereocenters. The van der Waals surface area contributed by atoms with Crippen molar-refractivity contribution in [2.24, 2.45) is 0 Å². The largest absolute Gasteiger partial charge is 0.497 e. The maximum Gasteiger partial charge on any atom is 0.243 e. The van der Waals surface area contributed by atoms with E-state index in [0.717, 1.165) is 36.1 Å². The molecular weight excluding hydrogens is 424 g/mol. The quantitative estimate of drug-likeness (QED) is 0.655. The van der Waals surface area contributed by atoms with E-state index < -0.39 is 10.0 Å². The molecule has 1 aromatic heterocycles. The number of fused-ring (bicyclic) bond motifs is 4. The summed E-state index contributed by atoms with van der Waals surface area (Å²) in [5.74, 6) is 1.25. The van der Waals surface area contributed by atoms with Crippen LogP contribution in [0.1, 0.15) is 24.0 Å². The van der Waals surface area contributed by atoms with Crippen molar-refractivity contribution in [1.82, 2.24) is 14.3 Å². The second-order valence-corrected chi connectivity index (χ2v) is 10.3. The number of nitrogens with one attached hydrogen (secondary N) is 1. The first-order valence-corrected chi connectivity index (χ1v) is 12.2. The molecule has 1 spiro atoms. The van der Waals surface area contributed by atoms with Crippen molar-refractivity contribution in [3.05, 3.63) is 65.9 Å². The van der Waals surface area contributed by atoms with E-state index in [0.29, 0.717) is 29.7 Å². The van der Waals surface area contributed by atoms with Crippen molar-refractivity contribution < 1.29 is 13.2 Å². The third-order valence-corrected chi connectivity index (χ3v) is 8.66. The minimum absolute atomic E-state index is 0.111. The lowest BCUT2D eigenvalue weighted by molar-refractivity contribution is 0.229. The highest BCUT2D eigenvalue weighted by Gasteiger charge is 2.44. The summed E-state index contributed by atoms with van der Waals surface area (Å²) in [4.78, 5) is 9.45. The maximum absolute atomic E-state index is 13.2. The molecule has 1 fully saturated rings. The second-order valence-electron chi connectivity index (χ2n) is 8.40. The lowest BCUT2D eigenvalue weighted by Gasteiger charge is -2.45. The van der Waals surface area contributed by atoms with Gasteiger partial charge in [-0.15, -0.1) is 0 Å². The van der Waals surface area contributed by atoms with Gasteiger partial charge < -0.3 is 10.1 Å². The number of sulfonamides is 1. The van der Waals surface area contributed by atoms with E-state index in [2.05, 4.69) is 28.5 Å². The molecule has 166 valence electrons. The van der Waals surface area contributed by atoms with Crippen molar-refractivity contribution in [2.45, 2.75) is 29.6 Å². The van der Waals surface area contributed by atoms with Crippen LogP contribution in [0, 0.1) is 0 Å². The van der Waals surface area contributed by atoms with Crippen LogP contribution in [-0.4, -0.2) is 49.9 Å². The predicted molar refractivity (Wildman–Crippen MR) is 123 cm³/mol. The number of aromatic nitrogens is 2. The Morgan fingerprint density at radius 2 is 1.78 bits per heavy atom. The fourth-order valence-electron chi connectivity index (χ4n) is 5.00. The standard InChI is InChI=1S/C24H26N4O3S/c1-25-23-26-16-17-15-24(21-6-4-3-5-20(21)22(17)27-23)11-13-28(14-12-24)32(29,30)19-9-7-18(31-2)8-10-19/h3-10,16H,11-15H2,1-2H3,(H,25,26,27). The van der Waals surface area contributed by atoms with Gasteiger partial charge in [0, 0.05) is 37.3 Å². The molecule has 2 aliphatic rings. The first-order valence-electron chi connectivity index (χ1n) is 10.7. The summed E-state index contributed by atoms with van der Waals surface area (Å²) < 4.78 is 33.2. The molecule has 32 heavy (non-hydrogen) atoms. The molecule has 0 amide bonds. The summed E-state index contributed by atoms with van der Waals surface area (Å²) in [6.07, 6.45) is 4.24. The van der Waals surface area contributed by atoms with Crippen molar-refractivity contribution in [3.8, 4) is 17.0 Å². The molecule has 0 saturated carbocycles. The molecule has 2 aromatic carbocycles. The highest BCUT2D eigenvalue weighted by Crippen LogP contribution is 2.48. The fraction of sp³-hybridized carbons (Fsp3) is 0.333. The van der Waals surface area contributed by atoms with Crippen LogP contribution < -0.4 is 10.1 Å². The first kappa shape index (κ1) is 20.9. The Kier molecular flexibility index (Phi) is 5.14. The monoisotopic (exact) mass is 450 g/mol. The van der Waals surface area contributed by atoms with Gasteiger partial charge in [-0.25, -0.2) is 18.4 Å². The molecule has 1 aliphatic heterocycles. The Balaban J connectivity index is 1.44. The van der Waals surface area contributed by atoms with Crippen LogP contribution in [0.5, 0.6) is 5.75 Å². The van der Waals surface area contributed by atoms with E-state index in [4.69, 9.17) is 9.72 Å². The van der Waals surface area contributed by atoms with Crippen molar-refractivity contribution in [2.75, 3.05) is 32.6 Å². The van der Waals surface area contributed by atoms with Gasteiger partial charge in [-0.05, 0) is 54.7 Å². The highest BCUT2D eigenvalue weighted by atomic mass is 32.2. The average molecular weight is 451 g/mol.